The van der Waals surface area contributed by atoms with E-state index < -0.39 is 0 Å². The van der Waals surface area contributed by atoms with Crippen molar-refractivity contribution < 1.29 is 0 Å². The first-order valence-electron chi connectivity index (χ1n) is 2.93. The fraction of sp³-hybridized carbons (Fsp3) is 0.143. The highest BCUT2D eigenvalue weighted by Gasteiger charge is 2.00. The molecule has 0 spiro atoms. The van der Waals surface area contributed by atoms with Gasteiger partial charge in [0.05, 0.1) is 11.4 Å². The molecule has 0 aliphatic rings. The fourth-order valence-corrected chi connectivity index (χ4v) is 1.19. The Balaban J connectivity index is 3.34. The molecule has 1 rings (SSSR count). The van der Waals surface area contributed by atoms with Gasteiger partial charge in [-0.2, -0.15) is 0 Å². The normalized spacial score (nSPS) is 9.80. The van der Waals surface area contributed by atoms with Gasteiger partial charge in [0.25, 0.3) is 0 Å². The summed E-state index contributed by atoms with van der Waals surface area (Å²) in [5.74, 6) is 0. The van der Waals surface area contributed by atoms with Crippen LogP contribution in [0.3, 0.4) is 0 Å². The third-order valence-electron chi connectivity index (χ3n) is 1.48. The summed E-state index contributed by atoms with van der Waals surface area (Å²) in [6.45, 7) is 1.97. The molecule has 0 aromatic heterocycles. The van der Waals surface area contributed by atoms with E-state index >= 15 is 0 Å². The molecule has 0 atom stereocenters. The average Bonchev–Trinajstić information content (AvgIpc) is 1.93. The maximum absolute atomic E-state index is 5.65. The summed E-state index contributed by atoms with van der Waals surface area (Å²) in [7, 11) is 0. The van der Waals surface area contributed by atoms with Crippen LogP contribution in [-0.4, -0.2) is 0 Å². The van der Waals surface area contributed by atoms with E-state index in [-0.39, 0.29) is 0 Å². The Kier molecular flexibility index (Phi) is 2.03. The quantitative estimate of drug-likeness (QED) is 0.543. The zero-order valence-corrected chi connectivity index (χ0v) is 7.84. The number of nitrogen functional groups attached to an aromatic ring is 2. The van der Waals surface area contributed by atoms with Gasteiger partial charge >= 0.3 is 0 Å². The topological polar surface area (TPSA) is 52.0 Å². The van der Waals surface area contributed by atoms with Crippen LogP contribution in [0.2, 0.25) is 0 Å². The molecule has 1 aromatic carbocycles. The lowest BCUT2D eigenvalue weighted by atomic mass is 10.2. The second-order valence-corrected chi connectivity index (χ2v) is 3.34. The number of hydrogen-bond donors (Lipinski definition) is 2. The van der Waals surface area contributed by atoms with Gasteiger partial charge in [-0.05, 0) is 47.2 Å². The zero-order chi connectivity index (χ0) is 7.72. The molecule has 0 saturated carbocycles. The molecule has 0 unspecified atom stereocenters. The first-order chi connectivity index (χ1) is 4.63. The number of benzene rings is 1. The summed E-state index contributed by atoms with van der Waals surface area (Å²) in [6.07, 6.45) is 0. The molecule has 0 bridgehead atoms. The molecule has 54 valence electrons. The SMILES string of the molecule is Cc1c(I)ccc(N)c1N. The van der Waals surface area contributed by atoms with Crippen LogP contribution in [0.15, 0.2) is 12.1 Å². The number of nitrogens with two attached hydrogens (primary N) is 2. The standard InChI is InChI=1S/C7H9IN2/c1-4-5(8)2-3-6(9)7(4)10/h2-3H,9-10H2,1H3. The molecule has 1 aromatic rings. The van der Waals surface area contributed by atoms with Crippen molar-refractivity contribution in [3.05, 3.63) is 21.3 Å². The molecule has 0 saturated heterocycles. The molecule has 0 aliphatic heterocycles. The molecule has 0 aliphatic carbocycles. The van der Waals surface area contributed by atoms with Gasteiger partial charge in [-0.1, -0.05) is 0 Å². The second-order valence-electron chi connectivity index (χ2n) is 2.18. The van der Waals surface area contributed by atoms with E-state index in [0.717, 1.165) is 9.13 Å². The molecule has 10 heavy (non-hydrogen) atoms. The highest BCUT2D eigenvalue weighted by Crippen LogP contribution is 2.23. The highest BCUT2D eigenvalue weighted by molar-refractivity contribution is 14.1. The van der Waals surface area contributed by atoms with Crippen molar-refractivity contribution in [2.45, 2.75) is 6.92 Å². The van der Waals surface area contributed by atoms with Gasteiger partial charge in [0.1, 0.15) is 0 Å². The van der Waals surface area contributed by atoms with Crippen LogP contribution < -0.4 is 11.5 Å². The lowest BCUT2D eigenvalue weighted by Crippen LogP contribution is -1.98. The minimum absolute atomic E-state index is 0.665. The minimum Gasteiger partial charge on any atom is -0.397 e. The van der Waals surface area contributed by atoms with E-state index in [4.69, 9.17) is 11.5 Å². The van der Waals surface area contributed by atoms with Crippen molar-refractivity contribution in [3.63, 3.8) is 0 Å². The van der Waals surface area contributed by atoms with Gasteiger partial charge in [0.2, 0.25) is 0 Å². The molecule has 0 fully saturated rings. The van der Waals surface area contributed by atoms with Gasteiger partial charge in [-0.15, -0.1) is 0 Å². The summed E-state index contributed by atoms with van der Waals surface area (Å²) in [6, 6.07) is 3.78. The summed E-state index contributed by atoms with van der Waals surface area (Å²) < 4.78 is 1.16. The third-order valence-corrected chi connectivity index (χ3v) is 2.65. The Bertz CT molecular complexity index is 231. The maximum atomic E-state index is 5.65. The van der Waals surface area contributed by atoms with E-state index in [1.54, 1.807) is 0 Å². The molecule has 0 radical (unpaired) electrons. The molecule has 0 heterocycles. The van der Waals surface area contributed by atoms with Gasteiger partial charge in [-0.25, -0.2) is 0 Å². The van der Waals surface area contributed by atoms with Crippen molar-refractivity contribution in [1.29, 1.82) is 0 Å². The Morgan fingerprint density at radius 3 is 2.40 bits per heavy atom. The lowest BCUT2D eigenvalue weighted by Gasteiger charge is -2.04. The Hall–Kier alpha value is -0.450. The summed E-state index contributed by atoms with van der Waals surface area (Å²) >= 11 is 2.23. The van der Waals surface area contributed by atoms with Crippen LogP contribution in [0, 0.1) is 10.5 Å². The molecule has 2 nitrogen and oxygen atoms in total. The van der Waals surface area contributed by atoms with Crippen molar-refractivity contribution in [2.75, 3.05) is 11.5 Å². The largest absolute Gasteiger partial charge is 0.397 e. The molecule has 0 amide bonds. The van der Waals surface area contributed by atoms with Crippen LogP contribution >= 0.6 is 22.6 Å². The predicted molar refractivity (Wildman–Crippen MR) is 52.7 cm³/mol. The number of rotatable bonds is 0. The lowest BCUT2D eigenvalue weighted by molar-refractivity contribution is 1.43. The second kappa shape index (κ2) is 2.65. The highest BCUT2D eigenvalue weighted by atomic mass is 127. The van der Waals surface area contributed by atoms with E-state index in [9.17, 15) is 0 Å². The van der Waals surface area contributed by atoms with Gasteiger partial charge in [-0.3, -0.25) is 0 Å². The smallest absolute Gasteiger partial charge is 0.0588 e. The van der Waals surface area contributed by atoms with Crippen molar-refractivity contribution >= 4 is 34.0 Å². The third kappa shape index (κ3) is 1.18. The van der Waals surface area contributed by atoms with Crippen molar-refractivity contribution in [2.24, 2.45) is 0 Å². The van der Waals surface area contributed by atoms with E-state index in [0.29, 0.717) is 11.4 Å². The number of halogens is 1. The maximum Gasteiger partial charge on any atom is 0.0588 e. The van der Waals surface area contributed by atoms with Crippen LogP contribution in [-0.2, 0) is 0 Å². The van der Waals surface area contributed by atoms with Crippen molar-refractivity contribution in [1.82, 2.24) is 0 Å². The van der Waals surface area contributed by atoms with Crippen LogP contribution in [0.1, 0.15) is 5.56 Å². The minimum atomic E-state index is 0.665. The fourth-order valence-electron chi connectivity index (χ4n) is 0.723. The zero-order valence-electron chi connectivity index (χ0n) is 5.69. The molecular formula is C7H9IN2. The Morgan fingerprint density at radius 2 is 1.90 bits per heavy atom. The van der Waals surface area contributed by atoms with E-state index in [1.807, 2.05) is 19.1 Å². The summed E-state index contributed by atoms with van der Waals surface area (Å²) in [5, 5.41) is 0. The number of anilines is 2. The monoisotopic (exact) mass is 248 g/mol. The summed E-state index contributed by atoms with van der Waals surface area (Å²) in [4.78, 5) is 0. The van der Waals surface area contributed by atoms with Crippen LogP contribution in [0.25, 0.3) is 0 Å². The van der Waals surface area contributed by atoms with Gasteiger partial charge < -0.3 is 11.5 Å². The number of hydrogen-bond acceptors (Lipinski definition) is 2. The first-order valence-corrected chi connectivity index (χ1v) is 4.01. The average molecular weight is 248 g/mol. The molecule has 4 N–H and O–H groups in total. The van der Waals surface area contributed by atoms with E-state index in [1.165, 1.54) is 0 Å². The Labute approximate surface area is 73.7 Å². The summed E-state index contributed by atoms with van der Waals surface area (Å²) in [5.41, 5.74) is 13.6. The molecule has 3 heteroatoms. The van der Waals surface area contributed by atoms with Crippen LogP contribution in [0.5, 0.6) is 0 Å². The van der Waals surface area contributed by atoms with Crippen molar-refractivity contribution in [3.8, 4) is 0 Å². The Morgan fingerprint density at radius 1 is 1.30 bits per heavy atom. The molecular weight excluding hydrogens is 239 g/mol. The van der Waals surface area contributed by atoms with E-state index in [2.05, 4.69) is 22.6 Å². The van der Waals surface area contributed by atoms with Crippen LogP contribution in [0.4, 0.5) is 11.4 Å². The van der Waals surface area contributed by atoms with Gasteiger partial charge in [0, 0.05) is 3.57 Å². The first kappa shape index (κ1) is 7.65. The van der Waals surface area contributed by atoms with Gasteiger partial charge in [0.15, 0.2) is 0 Å². The predicted octanol–water partition coefficient (Wildman–Crippen LogP) is 1.76.